The van der Waals surface area contributed by atoms with Crippen molar-refractivity contribution in [2.24, 2.45) is 0 Å². The SMILES string of the molecule is C.C.C1CCSNC1. The molecule has 0 saturated carbocycles. The highest BCUT2D eigenvalue weighted by molar-refractivity contribution is 7.97. The molecule has 52 valence electrons. The molecule has 1 saturated heterocycles. The third-order valence-electron chi connectivity index (χ3n) is 0.877. The Hall–Kier alpha value is 0.310. The second-order valence-electron chi connectivity index (χ2n) is 1.45. The second kappa shape index (κ2) is 7.31. The molecule has 0 atom stereocenters. The van der Waals surface area contributed by atoms with Crippen LogP contribution < -0.4 is 4.72 Å². The number of rotatable bonds is 0. The van der Waals surface area contributed by atoms with Gasteiger partial charge in [0.25, 0.3) is 0 Å². The Kier molecular flexibility index (Phi) is 10.2. The normalized spacial score (nSPS) is 18.0. The van der Waals surface area contributed by atoms with Gasteiger partial charge in [0, 0.05) is 12.3 Å². The highest BCUT2D eigenvalue weighted by Crippen LogP contribution is 2.04. The van der Waals surface area contributed by atoms with E-state index in [1.54, 1.807) is 0 Å². The summed E-state index contributed by atoms with van der Waals surface area (Å²) in [4.78, 5) is 0. The fourth-order valence-electron chi connectivity index (χ4n) is 0.516. The van der Waals surface area contributed by atoms with E-state index >= 15 is 0 Å². The Morgan fingerprint density at radius 3 is 2.00 bits per heavy atom. The standard InChI is InChI=1S/C4H9NS.2CH4/c1-2-4-6-5-3-1;;/h5H,1-4H2;2*1H4. The fourth-order valence-corrected chi connectivity index (χ4v) is 1.30. The lowest BCUT2D eigenvalue weighted by atomic mass is 10.3. The second-order valence-corrected chi connectivity index (χ2v) is 2.44. The fraction of sp³-hybridized carbons (Fsp3) is 1.00. The molecular weight excluding hydrogens is 118 g/mol. The molecule has 0 amide bonds. The summed E-state index contributed by atoms with van der Waals surface area (Å²) in [5.41, 5.74) is 0. The van der Waals surface area contributed by atoms with Crippen LogP contribution in [0.2, 0.25) is 0 Å². The van der Waals surface area contributed by atoms with Gasteiger partial charge < -0.3 is 0 Å². The van der Waals surface area contributed by atoms with Crippen LogP contribution in [0, 0.1) is 0 Å². The molecule has 2 heteroatoms. The Morgan fingerprint density at radius 2 is 1.88 bits per heavy atom. The molecule has 1 aliphatic heterocycles. The molecule has 0 unspecified atom stereocenters. The predicted molar refractivity (Wildman–Crippen MR) is 43.2 cm³/mol. The molecule has 1 rings (SSSR count). The van der Waals surface area contributed by atoms with Crippen molar-refractivity contribution in [2.45, 2.75) is 27.7 Å². The maximum atomic E-state index is 3.20. The van der Waals surface area contributed by atoms with Crippen LogP contribution in [0.4, 0.5) is 0 Å². The minimum Gasteiger partial charge on any atom is -0.264 e. The molecule has 0 aromatic carbocycles. The Labute approximate surface area is 57.4 Å². The van der Waals surface area contributed by atoms with E-state index in [1.165, 1.54) is 25.1 Å². The summed E-state index contributed by atoms with van der Waals surface area (Å²) in [5, 5.41) is 0. The van der Waals surface area contributed by atoms with Gasteiger partial charge in [-0.05, 0) is 12.8 Å². The summed E-state index contributed by atoms with van der Waals surface area (Å²) in [6.07, 6.45) is 2.77. The van der Waals surface area contributed by atoms with Crippen molar-refractivity contribution in [1.29, 1.82) is 0 Å². The van der Waals surface area contributed by atoms with Crippen molar-refractivity contribution in [3.05, 3.63) is 0 Å². The van der Waals surface area contributed by atoms with Crippen LogP contribution >= 0.6 is 11.9 Å². The summed E-state index contributed by atoms with van der Waals surface area (Å²) in [5.74, 6) is 1.31. The zero-order valence-corrected chi connectivity index (χ0v) is 4.55. The first-order valence-electron chi connectivity index (χ1n) is 2.35. The summed E-state index contributed by atoms with van der Waals surface area (Å²) in [6, 6.07) is 0. The lowest BCUT2D eigenvalue weighted by Crippen LogP contribution is -2.11. The Morgan fingerprint density at radius 1 is 1.12 bits per heavy atom. The largest absolute Gasteiger partial charge is 0.264 e. The van der Waals surface area contributed by atoms with Gasteiger partial charge in [-0.2, -0.15) is 0 Å². The highest BCUT2D eigenvalue weighted by Gasteiger charge is 1.94. The van der Waals surface area contributed by atoms with E-state index in [2.05, 4.69) is 4.72 Å². The zero-order chi connectivity index (χ0) is 4.24. The predicted octanol–water partition coefficient (Wildman–Crippen LogP) is 2.29. The topological polar surface area (TPSA) is 12.0 Å². The first-order chi connectivity index (χ1) is 3.00. The van der Waals surface area contributed by atoms with Crippen LogP contribution in [0.1, 0.15) is 27.7 Å². The number of hydrogen-bond acceptors (Lipinski definition) is 2. The van der Waals surface area contributed by atoms with Crippen molar-refractivity contribution in [3.8, 4) is 0 Å². The molecule has 0 aliphatic carbocycles. The van der Waals surface area contributed by atoms with Crippen molar-refractivity contribution in [2.75, 3.05) is 12.3 Å². The average Bonchev–Trinajstić information content (AvgIpc) is 1.72. The first kappa shape index (κ1) is 11.2. The van der Waals surface area contributed by atoms with E-state index in [4.69, 9.17) is 0 Å². The third-order valence-corrected chi connectivity index (χ3v) is 1.78. The summed E-state index contributed by atoms with van der Waals surface area (Å²) < 4.78 is 3.20. The molecule has 0 spiro atoms. The van der Waals surface area contributed by atoms with Gasteiger partial charge in [0.15, 0.2) is 0 Å². The molecule has 1 fully saturated rings. The molecule has 0 radical (unpaired) electrons. The molecule has 1 nitrogen and oxygen atoms in total. The van der Waals surface area contributed by atoms with Crippen molar-refractivity contribution in [3.63, 3.8) is 0 Å². The lowest BCUT2D eigenvalue weighted by Gasteiger charge is -2.07. The minimum absolute atomic E-state index is 0. The van der Waals surface area contributed by atoms with Gasteiger partial charge in [0.1, 0.15) is 0 Å². The number of hydrogen-bond donors (Lipinski definition) is 1. The number of nitrogens with one attached hydrogen (secondary N) is 1. The van der Waals surface area contributed by atoms with Crippen LogP contribution in [0.5, 0.6) is 0 Å². The van der Waals surface area contributed by atoms with Gasteiger partial charge in [-0.1, -0.05) is 26.8 Å². The summed E-state index contributed by atoms with van der Waals surface area (Å²) >= 11 is 1.84. The molecule has 1 heterocycles. The smallest absolute Gasteiger partial charge is 0.00791 e. The minimum atomic E-state index is 0. The monoisotopic (exact) mass is 135 g/mol. The molecule has 0 aromatic rings. The quantitative estimate of drug-likeness (QED) is 0.511. The molecule has 8 heavy (non-hydrogen) atoms. The molecule has 0 aromatic heterocycles. The van der Waals surface area contributed by atoms with E-state index in [1.807, 2.05) is 11.9 Å². The van der Waals surface area contributed by atoms with E-state index in [0.29, 0.717) is 0 Å². The molecule has 0 bridgehead atoms. The van der Waals surface area contributed by atoms with E-state index in [0.717, 1.165) is 0 Å². The molecule has 1 aliphatic rings. The summed E-state index contributed by atoms with van der Waals surface area (Å²) in [6.45, 7) is 1.21. The van der Waals surface area contributed by atoms with Gasteiger partial charge in [-0.25, -0.2) is 0 Å². The third kappa shape index (κ3) is 4.47. The van der Waals surface area contributed by atoms with Crippen molar-refractivity contribution >= 4 is 11.9 Å². The van der Waals surface area contributed by atoms with Crippen LogP contribution in [-0.4, -0.2) is 12.3 Å². The van der Waals surface area contributed by atoms with Gasteiger partial charge in [0.2, 0.25) is 0 Å². The van der Waals surface area contributed by atoms with E-state index in [-0.39, 0.29) is 14.9 Å². The first-order valence-corrected chi connectivity index (χ1v) is 3.33. The van der Waals surface area contributed by atoms with Crippen LogP contribution in [0.3, 0.4) is 0 Å². The maximum absolute atomic E-state index is 3.20. The molecular formula is C6H17NS. The van der Waals surface area contributed by atoms with Crippen LogP contribution in [-0.2, 0) is 0 Å². The molecule has 1 N–H and O–H groups in total. The Bertz CT molecular complexity index is 24.0. The van der Waals surface area contributed by atoms with Gasteiger partial charge >= 0.3 is 0 Å². The van der Waals surface area contributed by atoms with Gasteiger partial charge in [0.05, 0.1) is 0 Å². The summed E-state index contributed by atoms with van der Waals surface area (Å²) in [7, 11) is 0. The average molecular weight is 135 g/mol. The lowest BCUT2D eigenvalue weighted by molar-refractivity contribution is 0.754. The maximum Gasteiger partial charge on any atom is 0.00791 e. The van der Waals surface area contributed by atoms with E-state index < -0.39 is 0 Å². The van der Waals surface area contributed by atoms with Gasteiger partial charge in [-0.3, -0.25) is 4.72 Å². The van der Waals surface area contributed by atoms with Crippen molar-refractivity contribution < 1.29 is 0 Å². The highest BCUT2D eigenvalue weighted by atomic mass is 32.2. The zero-order valence-electron chi connectivity index (χ0n) is 3.74. The van der Waals surface area contributed by atoms with Crippen LogP contribution in [0.25, 0.3) is 0 Å². The van der Waals surface area contributed by atoms with Crippen molar-refractivity contribution in [1.82, 2.24) is 4.72 Å². The van der Waals surface area contributed by atoms with E-state index in [9.17, 15) is 0 Å². The Balaban J connectivity index is 0. The van der Waals surface area contributed by atoms with Gasteiger partial charge in [-0.15, -0.1) is 0 Å². The van der Waals surface area contributed by atoms with Crippen LogP contribution in [0.15, 0.2) is 0 Å².